The Balaban J connectivity index is 1.49. The summed E-state index contributed by atoms with van der Waals surface area (Å²) in [6, 6.07) is 21.4. The number of rotatable bonds is 4. The van der Waals surface area contributed by atoms with Crippen molar-refractivity contribution in [3.05, 3.63) is 155 Å². The lowest BCUT2D eigenvalue weighted by Gasteiger charge is -2.22. The second-order valence-electron chi connectivity index (χ2n) is 13.7. The third kappa shape index (κ3) is 5.87. The van der Waals surface area contributed by atoms with Gasteiger partial charge in [-0.05, 0) is 108 Å². The lowest BCUT2D eigenvalue weighted by atomic mass is 9.89. The van der Waals surface area contributed by atoms with Crippen molar-refractivity contribution in [2.45, 2.75) is 0 Å². The molecular weight excluding hydrogens is 627 g/mol. The van der Waals surface area contributed by atoms with Crippen molar-refractivity contribution < 1.29 is 0 Å². The summed E-state index contributed by atoms with van der Waals surface area (Å²) in [4.78, 5) is 24.7. The van der Waals surface area contributed by atoms with E-state index < -0.39 is 0 Å². The Hall–Kier alpha value is -6.34. The quantitative estimate of drug-likeness (QED) is 0.201. The Bertz CT molecular complexity index is 2490. The van der Waals surface area contributed by atoms with E-state index in [-0.39, 0.29) is 0 Å². The highest BCUT2D eigenvalue weighted by Gasteiger charge is 2.26. The monoisotopic (exact) mass is 665 g/mol. The molecule has 0 aliphatic carbocycles. The minimum Gasteiger partial charge on any atom is -0.377 e. The smallest absolute Gasteiger partial charge is 0.0815 e. The van der Waals surface area contributed by atoms with E-state index in [0.29, 0.717) is 0 Å². The van der Waals surface area contributed by atoms with Crippen LogP contribution in [0.2, 0.25) is 0 Å². The number of nitrogens with one attached hydrogen (secondary N) is 2. The van der Waals surface area contributed by atoms with Gasteiger partial charge >= 0.3 is 0 Å². The third-order valence-electron chi connectivity index (χ3n) is 9.89. The normalized spacial score (nSPS) is 16.7. The van der Waals surface area contributed by atoms with Gasteiger partial charge in [-0.2, -0.15) is 0 Å². The highest BCUT2D eigenvalue weighted by molar-refractivity contribution is 6.08. The van der Waals surface area contributed by atoms with Crippen molar-refractivity contribution in [3.8, 4) is 11.1 Å². The van der Waals surface area contributed by atoms with Crippen LogP contribution in [0, 0.1) is 0 Å². The van der Waals surface area contributed by atoms with Crippen LogP contribution in [0.15, 0.2) is 121 Å². The minimum atomic E-state index is 0.799. The number of hydrogen-bond acceptors (Lipinski definition) is 5. The Morgan fingerprint density at radius 3 is 1.76 bits per heavy atom. The van der Waals surface area contributed by atoms with Crippen molar-refractivity contribution >= 4 is 57.0 Å². The van der Waals surface area contributed by atoms with Gasteiger partial charge < -0.3 is 24.7 Å². The molecule has 0 unspecified atom stereocenters. The topological polar surface area (TPSA) is 67.1 Å². The summed E-state index contributed by atoms with van der Waals surface area (Å²) >= 11 is 0. The molecule has 250 valence electrons. The number of aromatic amines is 2. The van der Waals surface area contributed by atoms with Crippen molar-refractivity contribution in [2.75, 3.05) is 40.8 Å². The van der Waals surface area contributed by atoms with Gasteiger partial charge in [0.2, 0.25) is 0 Å². The molecule has 0 saturated heterocycles. The summed E-state index contributed by atoms with van der Waals surface area (Å²) in [7, 11) is 6.33. The third-order valence-corrected chi connectivity index (χ3v) is 9.89. The molecule has 7 nitrogen and oxygen atoms in total. The summed E-state index contributed by atoms with van der Waals surface area (Å²) < 4.78 is 0. The molecule has 0 atom stereocenters. The SMILES string of the molecule is CN1C=CC(C2=Cc3cc4ccc(cc5nc(cc6[nH]c(c(C7=CCN(C)C=C7)c2n3)c(C2=CCN(C)C=C2)c6-c2ccccc2)C=C5)[nH]4)=CC1. The van der Waals surface area contributed by atoms with Gasteiger partial charge in [-0.15, -0.1) is 0 Å². The van der Waals surface area contributed by atoms with Gasteiger partial charge in [-0.1, -0.05) is 48.6 Å². The van der Waals surface area contributed by atoms with E-state index in [9.17, 15) is 0 Å². The molecule has 2 N–H and O–H groups in total. The zero-order valence-electron chi connectivity index (χ0n) is 29.1. The van der Waals surface area contributed by atoms with Crippen LogP contribution in [-0.2, 0) is 0 Å². The summed E-state index contributed by atoms with van der Waals surface area (Å²) in [5.41, 5.74) is 16.8. The molecule has 0 saturated carbocycles. The van der Waals surface area contributed by atoms with Gasteiger partial charge in [0.25, 0.3) is 0 Å². The van der Waals surface area contributed by atoms with E-state index in [1.54, 1.807) is 0 Å². The predicted octanol–water partition coefficient (Wildman–Crippen LogP) is 8.76. The first-order valence-corrected chi connectivity index (χ1v) is 17.5. The van der Waals surface area contributed by atoms with Gasteiger partial charge in [-0.3, -0.25) is 0 Å². The summed E-state index contributed by atoms with van der Waals surface area (Å²) in [5, 5.41) is 0. The molecule has 0 amide bonds. The van der Waals surface area contributed by atoms with Gasteiger partial charge in [0.1, 0.15) is 0 Å². The van der Waals surface area contributed by atoms with E-state index in [1.165, 1.54) is 11.1 Å². The van der Waals surface area contributed by atoms with E-state index in [1.807, 2.05) is 0 Å². The predicted molar refractivity (Wildman–Crippen MR) is 213 cm³/mol. The van der Waals surface area contributed by atoms with Crippen LogP contribution in [0.4, 0.5) is 0 Å². The maximum atomic E-state index is 5.50. The number of allylic oxidation sites excluding steroid dienone is 7. The molecule has 0 radical (unpaired) electrons. The minimum absolute atomic E-state index is 0.799. The second kappa shape index (κ2) is 12.5. The van der Waals surface area contributed by atoms with Crippen molar-refractivity contribution in [1.29, 1.82) is 0 Å². The van der Waals surface area contributed by atoms with Crippen LogP contribution in [-0.4, -0.2) is 75.4 Å². The Morgan fingerprint density at radius 1 is 0.549 bits per heavy atom. The van der Waals surface area contributed by atoms with Gasteiger partial charge in [0.15, 0.2) is 0 Å². The molecule has 1 aromatic carbocycles. The molecule has 5 aliphatic heterocycles. The van der Waals surface area contributed by atoms with E-state index in [2.05, 4.69) is 180 Å². The molecule has 7 heteroatoms. The fourth-order valence-corrected chi connectivity index (χ4v) is 7.26. The highest BCUT2D eigenvalue weighted by atomic mass is 15.1. The maximum Gasteiger partial charge on any atom is 0.0815 e. The van der Waals surface area contributed by atoms with Crippen LogP contribution in [0.1, 0.15) is 33.9 Å². The molecule has 51 heavy (non-hydrogen) atoms. The Labute approximate surface area is 298 Å². The second-order valence-corrected chi connectivity index (χ2v) is 13.7. The largest absolute Gasteiger partial charge is 0.377 e. The first kappa shape index (κ1) is 30.7. The Morgan fingerprint density at radius 2 is 1.14 bits per heavy atom. The zero-order valence-corrected chi connectivity index (χ0v) is 29.1. The van der Waals surface area contributed by atoms with Crippen LogP contribution in [0.3, 0.4) is 0 Å². The molecule has 0 fully saturated rings. The number of fused-ring (bicyclic) bond motifs is 8. The van der Waals surface area contributed by atoms with E-state index in [0.717, 1.165) is 97.9 Å². The number of aromatic nitrogens is 4. The van der Waals surface area contributed by atoms with Crippen molar-refractivity contribution in [2.24, 2.45) is 0 Å². The molecule has 5 aliphatic rings. The average molecular weight is 666 g/mol. The van der Waals surface area contributed by atoms with Gasteiger partial charge in [-0.25, -0.2) is 9.97 Å². The number of H-pyrrole nitrogens is 2. The molecular formula is C44H39N7. The molecule has 0 spiro atoms. The van der Waals surface area contributed by atoms with Crippen molar-refractivity contribution in [1.82, 2.24) is 34.6 Å². The Kier molecular flexibility index (Phi) is 7.54. The first-order chi connectivity index (χ1) is 24.9. The fourth-order valence-electron chi connectivity index (χ4n) is 7.26. The summed E-state index contributed by atoms with van der Waals surface area (Å²) in [6.07, 6.45) is 26.5. The van der Waals surface area contributed by atoms with Gasteiger partial charge in [0, 0.05) is 79.6 Å². The maximum absolute atomic E-state index is 5.50. The van der Waals surface area contributed by atoms with Crippen molar-refractivity contribution in [3.63, 3.8) is 0 Å². The van der Waals surface area contributed by atoms with Crippen LogP contribution in [0.5, 0.6) is 0 Å². The van der Waals surface area contributed by atoms with E-state index >= 15 is 0 Å². The molecule has 8 bridgehead atoms. The summed E-state index contributed by atoms with van der Waals surface area (Å²) in [5.74, 6) is 0. The standard InChI is InChI=1S/C44H39N7/c1-49-19-13-29(14-20-49)38-27-37-26-35-10-9-33(45-35)25-34-11-12-36(46-34)28-39-40(30-7-5-4-6-8-30)41(31-15-21-50(2)22-16-31)44(48-39)42(43(38)47-37)32-17-23-51(3)24-18-32/h4-19,21,23,25-28,45,48H,20,22,24H2,1-3H3. The van der Waals surface area contributed by atoms with E-state index in [4.69, 9.17) is 9.97 Å². The first-order valence-electron chi connectivity index (χ1n) is 17.5. The molecule has 3 aromatic heterocycles. The molecule has 4 aromatic rings. The van der Waals surface area contributed by atoms with Crippen LogP contribution < -0.4 is 0 Å². The van der Waals surface area contributed by atoms with Crippen LogP contribution in [0.25, 0.3) is 68.1 Å². The number of nitrogens with zero attached hydrogens (tertiary/aromatic N) is 5. The number of hydrogen-bond donors (Lipinski definition) is 2. The molecule has 8 heterocycles. The lowest BCUT2D eigenvalue weighted by molar-refractivity contribution is 0.503. The summed E-state index contributed by atoms with van der Waals surface area (Å²) in [6.45, 7) is 2.45. The van der Waals surface area contributed by atoms with Gasteiger partial charge in [0.05, 0.1) is 28.3 Å². The zero-order chi connectivity index (χ0) is 34.5. The van der Waals surface area contributed by atoms with Crippen LogP contribution >= 0.6 is 0 Å². The fraction of sp³-hybridized carbons (Fsp3) is 0.136. The highest BCUT2D eigenvalue weighted by Crippen LogP contribution is 2.44. The lowest BCUT2D eigenvalue weighted by Crippen LogP contribution is -2.15. The number of likely N-dealkylation sites (N-methyl/N-ethyl adjacent to an activating group) is 3. The molecule has 9 rings (SSSR count). The number of benzene rings is 1. The average Bonchev–Trinajstić information content (AvgIpc) is 3.95.